The van der Waals surface area contributed by atoms with Crippen molar-refractivity contribution in [2.45, 2.75) is 12.3 Å². The molecule has 0 saturated heterocycles. The van der Waals surface area contributed by atoms with Crippen LogP contribution in [0.25, 0.3) is 0 Å². The molecule has 0 unspecified atom stereocenters. The smallest absolute Gasteiger partial charge is 0.378 e. The van der Waals surface area contributed by atoms with E-state index in [1.54, 1.807) is 0 Å². The van der Waals surface area contributed by atoms with E-state index >= 15 is 0 Å². The number of ether oxygens (including phenoxy) is 1. The Hall–Kier alpha value is -1.63. The lowest BCUT2D eigenvalue weighted by atomic mass is 10.3. The zero-order chi connectivity index (χ0) is 13.5. The van der Waals surface area contributed by atoms with Crippen molar-refractivity contribution >= 4 is 24.0 Å². The second-order valence-corrected chi connectivity index (χ2v) is 3.09. The third-order valence-corrected chi connectivity index (χ3v) is 1.60. The maximum absolute atomic E-state index is 12.3. The van der Waals surface area contributed by atoms with Gasteiger partial charge in [-0.2, -0.15) is 8.78 Å². The van der Waals surface area contributed by atoms with Crippen LogP contribution in [-0.4, -0.2) is 29.5 Å². The summed E-state index contributed by atoms with van der Waals surface area (Å²) in [6.45, 7) is 1.56. The van der Waals surface area contributed by atoms with E-state index in [1.165, 1.54) is 6.92 Å². The van der Waals surface area contributed by atoms with Gasteiger partial charge in [-0.1, -0.05) is 0 Å². The summed E-state index contributed by atoms with van der Waals surface area (Å²) in [7, 11) is 0. The number of aliphatic hydroxyl groups excluding tert-OH is 1. The molecule has 0 aliphatic rings. The molecule has 0 aliphatic carbocycles. The minimum Gasteiger partial charge on any atom is -0.505 e. The molecule has 0 heterocycles. The van der Waals surface area contributed by atoms with Gasteiger partial charge in [0.05, 0.1) is 6.61 Å². The number of carbonyl (C=O) groups excluding carboxylic acids is 2. The number of carbonyl (C=O) groups is 2. The molecule has 5 nitrogen and oxygen atoms in total. The molecule has 0 bridgehead atoms. The normalized spacial score (nSPS) is 13.2. The summed E-state index contributed by atoms with van der Waals surface area (Å²) in [6, 6.07) is 0. The molecule has 17 heavy (non-hydrogen) atoms. The largest absolute Gasteiger partial charge is 0.505 e. The van der Waals surface area contributed by atoms with Crippen molar-refractivity contribution in [2.75, 3.05) is 6.61 Å². The highest BCUT2D eigenvalue weighted by atomic mass is 35.5. The SMILES string of the molecule is CCOC(=O)/C(=C/C=C(\O)C(F)(F)Cl)NC=O. The number of alkyl halides is 3. The standard InChI is InChI=1S/C9H10ClF2NO4/c1-2-17-8(16)6(13-5-14)3-4-7(15)9(10,11)12/h3-5,15H,2H2,1H3,(H,13,14)/b6-3-,7-4-. The van der Waals surface area contributed by atoms with Gasteiger partial charge >= 0.3 is 11.4 Å². The van der Waals surface area contributed by atoms with Gasteiger partial charge in [0.2, 0.25) is 6.41 Å². The second kappa shape index (κ2) is 6.85. The van der Waals surface area contributed by atoms with Gasteiger partial charge in [-0.05, 0) is 30.7 Å². The van der Waals surface area contributed by atoms with Crippen molar-refractivity contribution in [3.8, 4) is 0 Å². The van der Waals surface area contributed by atoms with Crippen LogP contribution in [0.3, 0.4) is 0 Å². The van der Waals surface area contributed by atoms with Crippen LogP contribution < -0.4 is 5.32 Å². The first-order chi connectivity index (χ1) is 7.82. The maximum Gasteiger partial charge on any atom is 0.378 e. The van der Waals surface area contributed by atoms with E-state index in [-0.39, 0.29) is 13.0 Å². The monoisotopic (exact) mass is 269 g/mol. The lowest BCUT2D eigenvalue weighted by Gasteiger charge is -2.06. The van der Waals surface area contributed by atoms with Crippen LogP contribution in [0.1, 0.15) is 6.92 Å². The van der Waals surface area contributed by atoms with E-state index < -0.39 is 22.8 Å². The molecule has 0 saturated carbocycles. The van der Waals surface area contributed by atoms with Gasteiger partial charge < -0.3 is 15.2 Å². The van der Waals surface area contributed by atoms with Crippen LogP contribution in [0.5, 0.6) is 0 Å². The highest BCUT2D eigenvalue weighted by Crippen LogP contribution is 2.26. The summed E-state index contributed by atoms with van der Waals surface area (Å²) >= 11 is 4.50. The number of rotatable bonds is 6. The van der Waals surface area contributed by atoms with Gasteiger partial charge in [0, 0.05) is 0 Å². The molecule has 1 amide bonds. The summed E-state index contributed by atoms with van der Waals surface area (Å²) in [4.78, 5) is 21.3. The van der Waals surface area contributed by atoms with Crippen LogP contribution in [0.2, 0.25) is 0 Å². The summed E-state index contributed by atoms with van der Waals surface area (Å²) in [5, 5.41) is 6.77. The van der Waals surface area contributed by atoms with Gasteiger partial charge in [0.1, 0.15) is 5.70 Å². The van der Waals surface area contributed by atoms with Gasteiger partial charge in [0.15, 0.2) is 5.76 Å². The number of esters is 1. The molecular weight excluding hydrogens is 260 g/mol. The Kier molecular flexibility index (Phi) is 6.19. The average molecular weight is 270 g/mol. The van der Waals surface area contributed by atoms with Gasteiger partial charge in [0.25, 0.3) is 0 Å². The van der Waals surface area contributed by atoms with Crippen molar-refractivity contribution in [1.29, 1.82) is 0 Å². The molecule has 0 radical (unpaired) electrons. The fraction of sp³-hybridized carbons (Fsp3) is 0.333. The lowest BCUT2D eigenvalue weighted by molar-refractivity contribution is -0.139. The number of allylic oxidation sites excluding steroid dienone is 3. The fourth-order valence-electron chi connectivity index (χ4n) is 0.704. The molecule has 0 spiro atoms. The predicted molar refractivity (Wildman–Crippen MR) is 55.4 cm³/mol. The molecule has 96 valence electrons. The Morgan fingerprint density at radius 2 is 2.12 bits per heavy atom. The number of amides is 1. The Balaban J connectivity index is 4.94. The number of hydrogen-bond donors (Lipinski definition) is 2. The van der Waals surface area contributed by atoms with Crippen LogP contribution in [0.15, 0.2) is 23.6 Å². The highest BCUT2D eigenvalue weighted by molar-refractivity contribution is 6.23. The highest BCUT2D eigenvalue weighted by Gasteiger charge is 2.30. The molecule has 0 aliphatic heterocycles. The van der Waals surface area contributed by atoms with E-state index in [9.17, 15) is 18.4 Å². The van der Waals surface area contributed by atoms with Gasteiger partial charge in [-0.25, -0.2) is 4.79 Å². The average Bonchev–Trinajstić information content (AvgIpc) is 2.22. The second-order valence-electron chi connectivity index (χ2n) is 2.61. The Morgan fingerprint density at radius 3 is 2.53 bits per heavy atom. The van der Waals surface area contributed by atoms with E-state index in [0.29, 0.717) is 6.08 Å². The Morgan fingerprint density at radius 1 is 1.53 bits per heavy atom. The number of hydrogen-bond acceptors (Lipinski definition) is 4. The molecule has 2 N–H and O–H groups in total. The third-order valence-electron chi connectivity index (χ3n) is 1.41. The first kappa shape index (κ1) is 15.4. The molecule has 0 aromatic heterocycles. The number of aliphatic hydroxyl groups is 1. The third kappa shape index (κ3) is 5.86. The minimum absolute atomic E-state index is 0.0398. The van der Waals surface area contributed by atoms with E-state index in [1.807, 2.05) is 5.32 Å². The van der Waals surface area contributed by atoms with Gasteiger partial charge in [-0.15, -0.1) is 0 Å². The Bertz CT molecular complexity index is 349. The minimum atomic E-state index is -3.95. The summed E-state index contributed by atoms with van der Waals surface area (Å²) in [6.07, 6.45) is 1.39. The molecule has 0 fully saturated rings. The molecule has 0 rings (SSSR count). The predicted octanol–water partition coefficient (Wildman–Crippen LogP) is 1.45. The van der Waals surface area contributed by atoms with Crippen molar-refractivity contribution in [2.24, 2.45) is 0 Å². The molecule has 8 heteroatoms. The zero-order valence-electron chi connectivity index (χ0n) is 8.75. The number of nitrogens with one attached hydrogen (secondary N) is 1. The first-order valence-corrected chi connectivity index (χ1v) is 4.76. The maximum atomic E-state index is 12.3. The Labute approximate surface area is 101 Å². The van der Waals surface area contributed by atoms with Crippen LogP contribution in [-0.2, 0) is 14.3 Å². The summed E-state index contributed by atoms with van der Waals surface area (Å²) in [5.74, 6) is -2.39. The topological polar surface area (TPSA) is 75.6 Å². The van der Waals surface area contributed by atoms with E-state index in [4.69, 9.17) is 5.11 Å². The lowest BCUT2D eigenvalue weighted by Crippen LogP contribution is -2.21. The fourth-order valence-corrected chi connectivity index (χ4v) is 0.767. The number of halogens is 3. The van der Waals surface area contributed by atoms with Crippen molar-refractivity contribution in [1.82, 2.24) is 5.32 Å². The quantitative estimate of drug-likeness (QED) is 0.191. The molecule has 0 aromatic carbocycles. The van der Waals surface area contributed by atoms with Crippen LogP contribution >= 0.6 is 11.6 Å². The van der Waals surface area contributed by atoms with Gasteiger partial charge in [-0.3, -0.25) is 4.79 Å². The van der Waals surface area contributed by atoms with Crippen molar-refractivity contribution in [3.05, 3.63) is 23.6 Å². The summed E-state index contributed by atoms with van der Waals surface area (Å²) < 4.78 is 29.1. The molecule has 0 aromatic rings. The van der Waals surface area contributed by atoms with E-state index in [0.717, 1.165) is 6.08 Å². The van der Waals surface area contributed by atoms with Crippen molar-refractivity contribution < 1.29 is 28.2 Å². The van der Waals surface area contributed by atoms with Crippen molar-refractivity contribution in [3.63, 3.8) is 0 Å². The zero-order valence-corrected chi connectivity index (χ0v) is 9.50. The first-order valence-electron chi connectivity index (χ1n) is 4.38. The summed E-state index contributed by atoms with van der Waals surface area (Å²) in [5.41, 5.74) is -0.408. The van der Waals surface area contributed by atoms with Crippen LogP contribution in [0.4, 0.5) is 8.78 Å². The molecule has 0 atom stereocenters. The molecular formula is C9H10ClF2NO4. The van der Waals surface area contributed by atoms with E-state index in [2.05, 4.69) is 16.3 Å². The van der Waals surface area contributed by atoms with Crippen LogP contribution in [0, 0.1) is 0 Å².